The maximum Gasteiger partial charge on any atom is 0.196 e. The van der Waals surface area contributed by atoms with Crippen molar-refractivity contribution < 1.29 is 19.7 Å². The van der Waals surface area contributed by atoms with Gasteiger partial charge in [-0.1, -0.05) is 11.6 Å². The molecule has 0 spiro atoms. The van der Waals surface area contributed by atoms with E-state index in [1.165, 1.54) is 6.07 Å². The van der Waals surface area contributed by atoms with Gasteiger partial charge in [-0.15, -0.1) is 0 Å². The molecule has 1 aromatic heterocycles. The van der Waals surface area contributed by atoms with Crippen LogP contribution in [0.25, 0.3) is 11.0 Å². The standard InChI is InChI=1S/C15H16O5/c1-8(7-16)3-4-10-11(17)6-13(19)14-12(18)5-9(2)20-15(10)14/h3,5-6,16-17,19H,4,7H2,1-2H3. The first-order chi connectivity index (χ1) is 9.43. The lowest BCUT2D eigenvalue weighted by atomic mass is 10.0. The molecule has 0 aliphatic rings. The van der Waals surface area contributed by atoms with E-state index in [1.807, 2.05) is 0 Å². The van der Waals surface area contributed by atoms with Crippen LogP contribution in [0.4, 0.5) is 0 Å². The van der Waals surface area contributed by atoms with Crippen molar-refractivity contribution in [1.82, 2.24) is 0 Å². The van der Waals surface area contributed by atoms with E-state index in [1.54, 1.807) is 19.9 Å². The second-order valence-corrected chi connectivity index (χ2v) is 4.73. The Bertz CT molecular complexity index is 740. The molecule has 2 rings (SSSR count). The van der Waals surface area contributed by atoms with Crippen molar-refractivity contribution in [3.05, 3.63) is 45.3 Å². The van der Waals surface area contributed by atoms with Gasteiger partial charge in [-0.2, -0.15) is 0 Å². The molecule has 2 aromatic rings. The Morgan fingerprint density at radius 3 is 2.65 bits per heavy atom. The van der Waals surface area contributed by atoms with Crippen LogP contribution < -0.4 is 5.43 Å². The quantitative estimate of drug-likeness (QED) is 0.746. The van der Waals surface area contributed by atoms with Crippen LogP contribution in [0, 0.1) is 6.92 Å². The molecular formula is C15H16O5. The van der Waals surface area contributed by atoms with Crippen LogP contribution in [0.3, 0.4) is 0 Å². The topological polar surface area (TPSA) is 90.9 Å². The minimum absolute atomic E-state index is 0.0541. The second-order valence-electron chi connectivity index (χ2n) is 4.73. The van der Waals surface area contributed by atoms with Crippen LogP contribution in [-0.2, 0) is 6.42 Å². The zero-order chi connectivity index (χ0) is 14.9. The van der Waals surface area contributed by atoms with E-state index in [0.29, 0.717) is 17.7 Å². The van der Waals surface area contributed by atoms with Crippen LogP contribution in [0.2, 0.25) is 0 Å². The molecule has 1 aromatic carbocycles. The van der Waals surface area contributed by atoms with E-state index in [9.17, 15) is 15.0 Å². The minimum Gasteiger partial charge on any atom is -0.507 e. The number of hydrogen-bond acceptors (Lipinski definition) is 5. The molecule has 0 radical (unpaired) electrons. The molecular weight excluding hydrogens is 260 g/mol. The highest BCUT2D eigenvalue weighted by atomic mass is 16.3. The molecule has 0 unspecified atom stereocenters. The smallest absolute Gasteiger partial charge is 0.196 e. The number of allylic oxidation sites excluding steroid dienone is 1. The summed E-state index contributed by atoms with van der Waals surface area (Å²) in [5, 5.41) is 28.8. The van der Waals surface area contributed by atoms with E-state index in [-0.39, 0.29) is 34.5 Å². The molecule has 20 heavy (non-hydrogen) atoms. The maximum atomic E-state index is 11.9. The highest BCUT2D eigenvalue weighted by Crippen LogP contribution is 2.33. The molecule has 5 heteroatoms. The molecule has 0 saturated carbocycles. The fraction of sp³-hybridized carbons (Fsp3) is 0.267. The Kier molecular flexibility index (Phi) is 3.81. The number of hydrogen-bond donors (Lipinski definition) is 3. The second kappa shape index (κ2) is 5.38. The van der Waals surface area contributed by atoms with Gasteiger partial charge >= 0.3 is 0 Å². The monoisotopic (exact) mass is 276 g/mol. The number of phenolic OH excluding ortho intramolecular Hbond substituents is 2. The summed E-state index contributed by atoms with van der Waals surface area (Å²) in [5.41, 5.74) is 0.965. The first-order valence-electron chi connectivity index (χ1n) is 6.18. The number of phenols is 2. The summed E-state index contributed by atoms with van der Waals surface area (Å²) in [4.78, 5) is 11.9. The minimum atomic E-state index is -0.356. The normalized spacial score (nSPS) is 12.1. The molecule has 3 N–H and O–H groups in total. The van der Waals surface area contributed by atoms with E-state index in [0.717, 1.165) is 11.6 Å². The molecule has 1 heterocycles. The number of aliphatic hydroxyl groups excluding tert-OH is 1. The van der Waals surface area contributed by atoms with E-state index < -0.39 is 0 Å². The summed E-state index contributed by atoms with van der Waals surface area (Å²) in [7, 11) is 0. The molecule has 0 aliphatic heterocycles. The SMILES string of the molecule is CC(=CCc1c(O)cc(O)c2c(=O)cc(C)oc12)CO. The predicted octanol–water partition coefficient (Wildman–Crippen LogP) is 1.99. The van der Waals surface area contributed by atoms with Gasteiger partial charge in [0.15, 0.2) is 5.43 Å². The van der Waals surface area contributed by atoms with Crippen molar-refractivity contribution in [1.29, 1.82) is 0 Å². The summed E-state index contributed by atoms with van der Waals surface area (Å²) in [6, 6.07) is 2.42. The molecule has 5 nitrogen and oxygen atoms in total. The van der Waals surface area contributed by atoms with Crippen molar-refractivity contribution in [2.45, 2.75) is 20.3 Å². The summed E-state index contributed by atoms with van der Waals surface area (Å²) in [6.45, 7) is 3.29. The lowest BCUT2D eigenvalue weighted by molar-refractivity contribution is 0.331. The fourth-order valence-corrected chi connectivity index (χ4v) is 2.01. The van der Waals surface area contributed by atoms with Crippen LogP contribution in [0.5, 0.6) is 11.5 Å². The molecule has 0 fully saturated rings. The number of rotatable bonds is 3. The Morgan fingerprint density at radius 1 is 1.30 bits per heavy atom. The van der Waals surface area contributed by atoms with Gasteiger partial charge in [0.1, 0.15) is 28.2 Å². The highest BCUT2D eigenvalue weighted by molar-refractivity contribution is 5.88. The summed E-state index contributed by atoms with van der Waals surface area (Å²) in [6.07, 6.45) is 2.02. The number of benzene rings is 1. The van der Waals surface area contributed by atoms with Gasteiger partial charge in [0, 0.05) is 17.7 Å². The van der Waals surface area contributed by atoms with Crippen LogP contribution in [0.1, 0.15) is 18.2 Å². The zero-order valence-electron chi connectivity index (χ0n) is 11.3. The van der Waals surface area contributed by atoms with E-state index in [2.05, 4.69) is 0 Å². The Balaban J connectivity index is 2.73. The fourth-order valence-electron chi connectivity index (χ4n) is 2.01. The zero-order valence-corrected chi connectivity index (χ0v) is 11.3. The third-order valence-electron chi connectivity index (χ3n) is 3.09. The molecule has 106 valence electrons. The molecule has 0 atom stereocenters. The average Bonchev–Trinajstić information content (AvgIpc) is 2.36. The lowest BCUT2D eigenvalue weighted by Gasteiger charge is -2.09. The Hall–Kier alpha value is -2.27. The van der Waals surface area contributed by atoms with Gasteiger partial charge in [0.25, 0.3) is 0 Å². The van der Waals surface area contributed by atoms with Crippen molar-refractivity contribution >= 4 is 11.0 Å². The average molecular weight is 276 g/mol. The number of fused-ring (bicyclic) bond motifs is 1. The van der Waals surface area contributed by atoms with Gasteiger partial charge in [0.05, 0.1) is 6.61 Å². The Labute approximate surface area is 115 Å². The summed E-state index contributed by atoms with van der Waals surface area (Å²) < 4.78 is 5.49. The van der Waals surface area contributed by atoms with Gasteiger partial charge in [0.2, 0.25) is 0 Å². The third-order valence-corrected chi connectivity index (χ3v) is 3.09. The van der Waals surface area contributed by atoms with Crippen molar-refractivity contribution in [3.8, 4) is 11.5 Å². The third kappa shape index (κ3) is 2.53. The van der Waals surface area contributed by atoms with Crippen LogP contribution in [-0.4, -0.2) is 21.9 Å². The summed E-state index contributed by atoms with van der Waals surface area (Å²) >= 11 is 0. The van der Waals surface area contributed by atoms with Crippen molar-refractivity contribution in [2.24, 2.45) is 0 Å². The molecule has 0 bridgehead atoms. The lowest BCUT2D eigenvalue weighted by Crippen LogP contribution is -2.03. The van der Waals surface area contributed by atoms with Crippen molar-refractivity contribution in [2.75, 3.05) is 6.61 Å². The highest BCUT2D eigenvalue weighted by Gasteiger charge is 2.16. The largest absolute Gasteiger partial charge is 0.507 e. The van der Waals surface area contributed by atoms with Crippen molar-refractivity contribution in [3.63, 3.8) is 0 Å². The van der Waals surface area contributed by atoms with Crippen LogP contribution in [0.15, 0.2) is 33.0 Å². The number of aliphatic hydroxyl groups is 1. The Morgan fingerprint density at radius 2 is 2.00 bits per heavy atom. The molecule has 0 amide bonds. The molecule has 0 saturated heterocycles. The molecule has 0 aliphatic carbocycles. The van der Waals surface area contributed by atoms with Gasteiger partial charge in [-0.25, -0.2) is 0 Å². The van der Waals surface area contributed by atoms with Gasteiger partial charge < -0.3 is 19.7 Å². The number of aromatic hydroxyl groups is 2. The van der Waals surface area contributed by atoms with E-state index in [4.69, 9.17) is 9.52 Å². The van der Waals surface area contributed by atoms with Crippen LogP contribution >= 0.6 is 0 Å². The first-order valence-corrected chi connectivity index (χ1v) is 6.18. The van der Waals surface area contributed by atoms with E-state index >= 15 is 0 Å². The predicted molar refractivity (Wildman–Crippen MR) is 75.1 cm³/mol. The van der Waals surface area contributed by atoms with Gasteiger partial charge in [-0.3, -0.25) is 4.79 Å². The summed E-state index contributed by atoms with van der Waals surface area (Å²) in [5.74, 6) is -0.0554. The first kappa shape index (κ1) is 14.1. The van der Waals surface area contributed by atoms with Gasteiger partial charge in [-0.05, 0) is 20.3 Å². The maximum absolute atomic E-state index is 11.9. The number of aryl methyl sites for hydroxylation is 1.